The minimum Gasteiger partial charge on any atom is -0.493 e. The van der Waals surface area contributed by atoms with Crippen molar-refractivity contribution in [3.05, 3.63) is 22.7 Å². The summed E-state index contributed by atoms with van der Waals surface area (Å²) in [5, 5.41) is 0.752. The summed E-state index contributed by atoms with van der Waals surface area (Å²) in [5.74, 6) is 1.60. The highest BCUT2D eigenvalue weighted by atomic mass is 35.5. The molecule has 1 aromatic rings. The molecule has 0 heterocycles. The van der Waals surface area contributed by atoms with Gasteiger partial charge in [-0.25, -0.2) is 0 Å². The molecule has 0 aliphatic heterocycles. The summed E-state index contributed by atoms with van der Waals surface area (Å²) < 4.78 is 11.8. The van der Waals surface area contributed by atoms with Gasteiger partial charge in [-0.3, -0.25) is 0 Å². The molecule has 0 unspecified atom stereocenters. The topological polar surface area (TPSA) is 44.5 Å². The lowest BCUT2D eigenvalue weighted by molar-refractivity contribution is 0.197. The molecular weight excluding hydrogens is 274 g/mol. The molecule has 0 atom stereocenters. The third-order valence-electron chi connectivity index (χ3n) is 4.65. The number of nitrogens with two attached hydrogens (primary N) is 1. The fraction of sp³-hybridized carbons (Fsp3) is 0.625. The summed E-state index contributed by atoms with van der Waals surface area (Å²) in [6.45, 7) is 0.612. The number of hydrogen-bond acceptors (Lipinski definition) is 3. The SMILES string of the molecule is COc1ccc(Cl)c(C2(CN)CC2)c1OC1CCCC1. The molecule has 0 bridgehead atoms. The first-order chi connectivity index (χ1) is 9.70. The molecule has 20 heavy (non-hydrogen) atoms. The quantitative estimate of drug-likeness (QED) is 0.901. The molecule has 0 radical (unpaired) electrons. The van der Waals surface area contributed by atoms with E-state index in [4.69, 9.17) is 26.8 Å². The van der Waals surface area contributed by atoms with Crippen molar-refractivity contribution in [2.45, 2.75) is 50.0 Å². The summed E-state index contributed by atoms with van der Waals surface area (Å²) in [4.78, 5) is 0. The molecule has 2 fully saturated rings. The maximum absolute atomic E-state index is 6.46. The predicted octanol–water partition coefficient (Wildman–Crippen LogP) is 3.66. The Hall–Kier alpha value is -0.930. The summed E-state index contributed by atoms with van der Waals surface area (Å²) in [7, 11) is 1.68. The Kier molecular flexibility index (Phi) is 3.83. The molecular formula is C16H22ClNO2. The van der Waals surface area contributed by atoms with Gasteiger partial charge in [0, 0.05) is 22.5 Å². The van der Waals surface area contributed by atoms with E-state index in [1.807, 2.05) is 12.1 Å². The van der Waals surface area contributed by atoms with Gasteiger partial charge in [-0.1, -0.05) is 11.6 Å². The van der Waals surface area contributed by atoms with Crippen molar-refractivity contribution < 1.29 is 9.47 Å². The van der Waals surface area contributed by atoms with E-state index < -0.39 is 0 Å². The van der Waals surface area contributed by atoms with E-state index in [1.165, 1.54) is 12.8 Å². The zero-order valence-corrected chi connectivity index (χ0v) is 12.7. The van der Waals surface area contributed by atoms with Crippen LogP contribution in [0.25, 0.3) is 0 Å². The Balaban J connectivity index is 2.01. The van der Waals surface area contributed by atoms with E-state index in [9.17, 15) is 0 Å². The second-order valence-corrected chi connectivity index (χ2v) is 6.37. The van der Waals surface area contributed by atoms with Gasteiger partial charge in [0.15, 0.2) is 11.5 Å². The molecule has 4 heteroatoms. The minimum absolute atomic E-state index is 0.000436. The van der Waals surface area contributed by atoms with Crippen LogP contribution in [0.2, 0.25) is 5.02 Å². The van der Waals surface area contributed by atoms with E-state index in [0.29, 0.717) is 6.54 Å². The van der Waals surface area contributed by atoms with Crippen molar-refractivity contribution in [1.82, 2.24) is 0 Å². The summed E-state index contributed by atoms with van der Waals surface area (Å²) in [6, 6.07) is 3.79. The molecule has 0 amide bonds. The van der Waals surface area contributed by atoms with Crippen LogP contribution in [0, 0.1) is 0 Å². The van der Waals surface area contributed by atoms with Crippen LogP contribution in [-0.2, 0) is 5.41 Å². The smallest absolute Gasteiger partial charge is 0.166 e. The zero-order valence-electron chi connectivity index (χ0n) is 12.0. The van der Waals surface area contributed by atoms with Crippen molar-refractivity contribution in [1.29, 1.82) is 0 Å². The van der Waals surface area contributed by atoms with Crippen molar-refractivity contribution >= 4 is 11.6 Å². The average Bonchev–Trinajstić information content (AvgIpc) is 3.07. The van der Waals surface area contributed by atoms with Gasteiger partial charge in [0.25, 0.3) is 0 Å². The molecule has 0 spiro atoms. The van der Waals surface area contributed by atoms with Crippen LogP contribution in [0.15, 0.2) is 12.1 Å². The van der Waals surface area contributed by atoms with Gasteiger partial charge in [-0.2, -0.15) is 0 Å². The first-order valence-electron chi connectivity index (χ1n) is 7.44. The van der Waals surface area contributed by atoms with E-state index >= 15 is 0 Å². The highest BCUT2D eigenvalue weighted by Gasteiger charge is 2.47. The predicted molar refractivity (Wildman–Crippen MR) is 80.9 cm³/mol. The van der Waals surface area contributed by atoms with Gasteiger partial charge in [-0.15, -0.1) is 0 Å². The number of hydrogen-bond donors (Lipinski definition) is 1. The molecule has 2 saturated carbocycles. The van der Waals surface area contributed by atoms with Crippen molar-refractivity contribution in [3.8, 4) is 11.5 Å². The van der Waals surface area contributed by atoms with E-state index in [2.05, 4.69) is 0 Å². The highest BCUT2D eigenvalue weighted by Crippen LogP contribution is 2.55. The zero-order chi connectivity index (χ0) is 14.2. The van der Waals surface area contributed by atoms with Gasteiger partial charge in [0.1, 0.15) is 0 Å². The van der Waals surface area contributed by atoms with Crippen molar-refractivity contribution in [2.24, 2.45) is 5.73 Å². The Bertz CT molecular complexity index is 493. The molecule has 2 N–H and O–H groups in total. The first-order valence-corrected chi connectivity index (χ1v) is 7.82. The maximum atomic E-state index is 6.46. The molecule has 2 aliphatic carbocycles. The third-order valence-corrected chi connectivity index (χ3v) is 4.97. The number of benzene rings is 1. The number of halogens is 1. The fourth-order valence-corrected chi connectivity index (χ4v) is 3.54. The van der Waals surface area contributed by atoms with Crippen LogP contribution >= 0.6 is 11.6 Å². The molecule has 2 aliphatic rings. The largest absolute Gasteiger partial charge is 0.493 e. The van der Waals surface area contributed by atoms with Crippen LogP contribution in [0.5, 0.6) is 11.5 Å². The molecule has 1 aromatic carbocycles. The van der Waals surface area contributed by atoms with Crippen molar-refractivity contribution in [3.63, 3.8) is 0 Å². The lowest BCUT2D eigenvalue weighted by Crippen LogP contribution is -2.23. The lowest BCUT2D eigenvalue weighted by atomic mass is 9.94. The van der Waals surface area contributed by atoms with E-state index in [0.717, 1.165) is 47.8 Å². The summed E-state index contributed by atoms with van der Waals surface area (Å²) in [5.41, 5.74) is 7.05. The summed E-state index contributed by atoms with van der Waals surface area (Å²) >= 11 is 6.46. The van der Waals surface area contributed by atoms with Crippen LogP contribution in [-0.4, -0.2) is 19.8 Å². The molecule has 110 valence electrons. The Morgan fingerprint density at radius 3 is 2.55 bits per heavy atom. The molecule has 0 aromatic heterocycles. The van der Waals surface area contributed by atoms with Gasteiger partial charge in [0.05, 0.1) is 13.2 Å². The molecule has 3 nitrogen and oxygen atoms in total. The maximum Gasteiger partial charge on any atom is 0.166 e. The van der Waals surface area contributed by atoms with Gasteiger partial charge >= 0.3 is 0 Å². The van der Waals surface area contributed by atoms with Gasteiger partial charge < -0.3 is 15.2 Å². The van der Waals surface area contributed by atoms with Crippen LogP contribution in [0.1, 0.15) is 44.1 Å². The molecule has 3 rings (SSSR count). The standard InChI is InChI=1S/C16H22ClNO2/c1-19-13-7-6-12(17)14(16(10-18)8-9-16)15(13)20-11-4-2-3-5-11/h6-7,11H,2-5,8-10,18H2,1H3. The highest BCUT2D eigenvalue weighted by molar-refractivity contribution is 6.31. The van der Waals surface area contributed by atoms with Crippen LogP contribution in [0.4, 0.5) is 0 Å². The number of methoxy groups -OCH3 is 1. The second-order valence-electron chi connectivity index (χ2n) is 5.96. The Morgan fingerprint density at radius 2 is 2.00 bits per heavy atom. The minimum atomic E-state index is -0.000436. The Labute approximate surface area is 125 Å². The molecule has 0 saturated heterocycles. The van der Waals surface area contributed by atoms with Gasteiger partial charge in [-0.05, 0) is 50.7 Å². The normalized spacial score (nSPS) is 20.9. The van der Waals surface area contributed by atoms with E-state index in [1.54, 1.807) is 7.11 Å². The number of ether oxygens (including phenoxy) is 2. The first kappa shape index (κ1) is 14.0. The van der Waals surface area contributed by atoms with Crippen LogP contribution < -0.4 is 15.2 Å². The van der Waals surface area contributed by atoms with E-state index in [-0.39, 0.29) is 11.5 Å². The fourth-order valence-electron chi connectivity index (χ4n) is 3.19. The second kappa shape index (κ2) is 5.45. The number of rotatable bonds is 5. The Morgan fingerprint density at radius 1 is 1.30 bits per heavy atom. The van der Waals surface area contributed by atoms with Gasteiger partial charge in [0.2, 0.25) is 0 Å². The average molecular weight is 296 g/mol. The van der Waals surface area contributed by atoms with Crippen molar-refractivity contribution in [2.75, 3.05) is 13.7 Å². The lowest BCUT2D eigenvalue weighted by Gasteiger charge is -2.24. The van der Waals surface area contributed by atoms with Crippen LogP contribution in [0.3, 0.4) is 0 Å². The monoisotopic (exact) mass is 295 g/mol. The summed E-state index contributed by atoms with van der Waals surface area (Å²) in [6.07, 6.45) is 7.16. The third kappa shape index (κ3) is 2.38.